The number of hydrogen-bond acceptors (Lipinski definition) is 2. The summed E-state index contributed by atoms with van der Waals surface area (Å²) in [6.45, 7) is 0. The summed E-state index contributed by atoms with van der Waals surface area (Å²) in [5.74, 6) is -1.94. The lowest BCUT2D eigenvalue weighted by Crippen LogP contribution is -2.29. The van der Waals surface area contributed by atoms with Crippen molar-refractivity contribution in [1.29, 1.82) is 0 Å². The molecule has 1 saturated carbocycles. The normalized spacial score (nSPS) is 22.3. The summed E-state index contributed by atoms with van der Waals surface area (Å²) in [5.41, 5.74) is 0.413. The van der Waals surface area contributed by atoms with Gasteiger partial charge in [0.1, 0.15) is 5.82 Å². The van der Waals surface area contributed by atoms with Gasteiger partial charge in [0.15, 0.2) is 0 Å². The molecule has 0 atom stereocenters. The Balaban J connectivity index is 1.92. The molecule has 0 saturated heterocycles. The monoisotopic (exact) mass is 343 g/mol. The topological polar surface area (TPSA) is 66.4 Å². The van der Waals surface area contributed by atoms with Crippen LogP contribution in [0.2, 0.25) is 0 Å². The van der Waals surface area contributed by atoms with E-state index < -0.39 is 11.8 Å². The van der Waals surface area contributed by atoms with E-state index in [-0.39, 0.29) is 17.7 Å². The van der Waals surface area contributed by atoms with Crippen LogP contribution in [0.5, 0.6) is 0 Å². The highest BCUT2D eigenvalue weighted by molar-refractivity contribution is 9.10. The van der Waals surface area contributed by atoms with E-state index in [9.17, 15) is 14.0 Å². The van der Waals surface area contributed by atoms with E-state index in [1.807, 2.05) is 0 Å². The van der Waals surface area contributed by atoms with Crippen molar-refractivity contribution in [2.75, 3.05) is 5.32 Å². The number of halogens is 2. The standard InChI is InChI=1S/C14H15BrFNO3/c15-11-6-5-10(7-12(11)16)17-13(18)8-1-3-9(4-2-8)14(19)20/h5-9H,1-4H2,(H,17,18)(H,19,20). The number of carboxylic acid groups (broad SMARTS) is 1. The van der Waals surface area contributed by atoms with E-state index in [1.165, 1.54) is 12.1 Å². The summed E-state index contributed by atoms with van der Waals surface area (Å²) in [5, 5.41) is 11.6. The van der Waals surface area contributed by atoms with Gasteiger partial charge in [0.2, 0.25) is 5.91 Å². The minimum Gasteiger partial charge on any atom is -0.481 e. The van der Waals surface area contributed by atoms with Crippen LogP contribution >= 0.6 is 15.9 Å². The minimum atomic E-state index is -0.793. The molecular weight excluding hydrogens is 329 g/mol. The van der Waals surface area contributed by atoms with Crippen molar-refractivity contribution in [3.8, 4) is 0 Å². The van der Waals surface area contributed by atoms with Gasteiger partial charge >= 0.3 is 5.97 Å². The first kappa shape index (κ1) is 15.0. The fourth-order valence-corrected chi connectivity index (χ4v) is 2.67. The summed E-state index contributed by atoms with van der Waals surface area (Å²) in [6.07, 6.45) is 2.15. The molecule has 108 valence electrons. The number of aliphatic carboxylic acids is 1. The second kappa shape index (κ2) is 6.35. The summed E-state index contributed by atoms with van der Waals surface area (Å²) in [4.78, 5) is 22.9. The van der Waals surface area contributed by atoms with Gasteiger partial charge < -0.3 is 10.4 Å². The van der Waals surface area contributed by atoms with Crippen LogP contribution in [0.1, 0.15) is 25.7 Å². The zero-order valence-corrected chi connectivity index (χ0v) is 12.3. The molecule has 2 rings (SSSR count). The van der Waals surface area contributed by atoms with Crippen LogP contribution < -0.4 is 5.32 Å². The van der Waals surface area contributed by atoms with Crippen LogP contribution in [0.15, 0.2) is 22.7 Å². The van der Waals surface area contributed by atoms with Gasteiger partial charge in [0.05, 0.1) is 10.4 Å². The largest absolute Gasteiger partial charge is 0.481 e. The number of carboxylic acids is 1. The molecule has 6 heteroatoms. The fraction of sp³-hybridized carbons (Fsp3) is 0.429. The fourth-order valence-electron chi connectivity index (χ4n) is 2.42. The van der Waals surface area contributed by atoms with E-state index in [1.54, 1.807) is 6.07 Å². The first-order valence-corrected chi connectivity index (χ1v) is 7.25. The first-order valence-electron chi connectivity index (χ1n) is 6.46. The Morgan fingerprint density at radius 3 is 2.35 bits per heavy atom. The van der Waals surface area contributed by atoms with Gasteiger partial charge in [-0.1, -0.05) is 0 Å². The highest BCUT2D eigenvalue weighted by atomic mass is 79.9. The van der Waals surface area contributed by atoms with E-state index >= 15 is 0 Å². The lowest BCUT2D eigenvalue weighted by molar-refractivity contribution is -0.143. The van der Waals surface area contributed by atoms with Crippen LogP contribution in [0.3, 0.4) is 0 Å². The Bertz CT molecular complexity index is 527. The van der Waals surface area contributed by atoms with Crippen molar-refractivity contribution in [3.63, 3.8) is 0 Å². The molecule has 0 aromatic heterocycles. The lowest BCUT2D eigenvalue weighted by atomic mass is 9.81. The number of benzene rings is 1. The molecule has 4 nitrogen and oxygen atoms in total. The van der Waals surface area contributed by atoms with Crippen molar-refractivity contribution >= 4 is 33.5 Å². The number of amides is 1. The number of nitrogens with one attached hydrogen (secondary N) is 1. The predicted molar refractivity (Wildman–Crippen MR) is 75.8 cm³/mol. The van der Waals surface area contributed by atoms with Gasteiger partial charge in [0, 0.05) is 11.6 Å². The lowest BCUT2D eigenvalue weighted by Gasteiger charge is -2.25. The predicted octanol–water partition coefficient (Wildman–Crippen LogP) is 3.42. The van der Waals surface area contributed by atoms with E-state index in [0.29, 0.717) is 35.8 Å². The maximum Gasteiger partial charge on any atom is 0.306 e. The highest BCUT2D eigenvalue weighted by Crippen LogP contribution is 2.30. The van der Waals surface area contributed by atoms with Gasteiger partial charge in [0.25, 0.3) is 0 Å². The van der Waals surface area contributed by atoms with Gasteiger partial charge in [-0.3, -0.25) is 9.59 Å². The second-order valence-corrected chi connectivity index (χ2v) is 5.86. The molecule has 0 unspecified atom stereocenters. The van der Waals surface area contributed by atoms with Crippen molar-refractivity contribution in [3.05, 3.63) is 28.5 Å². The molecular formula is C14H15BrFNO3. The second-order valence-electron chi connectivity index (χ2n) is 5.00. The molecule has 2 N–H and O–H groups in total. The number of rotatable bonds is 3. The molecule has 0 spiro atoms. The Hall–Kier alpha value is -1.43. The molecule has 1 aliphatic carbocycles. The summed E-state index contributed by atoms with van der Waals surface area (Å²) in [7, 11) is 0. The van der Waals surface area contributed by atoms with Crippen molar-refractivity contribution in [2.24, 2.45) is 11.8 Å². The van der Waals surface area contributed by atoms with Crippen LogP contribution in [-0.4, -0.2) is 17.0 Å². The summed E-state index contributed by atoms with van der Waals surface area (Å²) < 4.78 is 13.7. The van der Waals surface area contributed by atoms with Crippen molar-refractivity contribution in [1.82, 2.24) is 0 Å². The molecule has 1 aromatic carbocycles. The maximum absolute atomic E-state index is 13.3. The van der Waals surface area contributed by atoms with E-state index in [2.05, 4.69) is 21.2 Å². The van der Waals surface area contributed by atoms with Gasteiger partial charge in [-0.2, -0.15) is 0 Å². The SMILES string of the molecule is O=C(O)C1CCC(C(=O)Nc2ccc(Br)c(F)c2)CC1. The zero-order chi connectivity index (χ0) is 14.7. The molecule has 1 fully saturated rings. The third-order valence-corrected chi connectivity index (χ3v) is 4.28. The van der Waals surface area contributed by atoms with Crippen molar-refractivity contribution in [2.45, 2.75) is 25.7 Å². The van der Waals surface area contributed by atoms with Crippen LogP contribution in [0.4, 0.5) is 10.1 Å². The number of anilines is 1. The Morgan fingerprint density at radius 1 is 1.20 bits per heavy atom. The van der Waals surface area contributed by atoms with Gasteiger partial charge in [-0.05, 0) is 59.8 Å². The third kappa shape index (κ3) is 3.56. The van der Waals surface area contributed by atoms with Crippen LogP contribution in [-0.2, 0) is 9.59 Å². The van der Waals surface area contributed by atoms with Crippen LogP contribution in [0, 0.1) is 17.7 Å². The smallest absolute Gasteiger partial charge is 0.306 e. The number of carbonyl (C=O) groups excluding carboxylic acids is 1. The van der Waals surface area contributed by atoms with E-state index in [0.717, 1.165) is 0 Å². The first-order chi connectivity index (χ1) is 9.47. The molecule has 0 heterocycles. The number of hydrogen-bond donors (Lipinski definition) is 2. The molecule has 1 aliphatic rings. The minimum absolute atomic E-state index is 0.171. The molecule has 1 amide bonds. The molecule has 20 heavy (non-hydrogen) atoms. The van der Waals surface area contributed by atoms with Gasteiger partial charge in [-0.15, -0.1) is 0 Å². The zero-order valence-electron chi connectivity index (χ0n) is 10.7. The van der Waals surface area contributed by atoms with Crippen molar-refractivity contribution < 1.29 is 19.1 Å². The molecule has 1 aromatic rings. The quantitative estimate of drug-likeness (QED) is 0.883. The average molecular weight is 344 g/mol. The summed E-state index contributed by atoms with van der Waals surface area (Å²) >= 11 is 3.05. The Kier molecular flexibility index (Phi) is 4.75. The third-order valence-electron chi connectivity index (χ3n) is 3.63. The highest BCUT2D eigenvalue weighted by Gasteiger charge is 2.29. The Morgan fingerprint density at radius 2 is 1.80 bits per heavy atom. The molecule has 0 aliphatic heterocycles. The maximum atomic E-state index is 13.3. The molecule has 0 radical (unpaired) electrons. The molecule has 0 bridgehead atoms. The number of carbonyl (C=O) groups is 2. The Labute approximate surface area is 124 Å². The van der Waals surface area contributed by atoms with Gasteiger partial charge in [-0.25, -0.2) is 4.39 Å². The summed E-state index contributed by atoms with van der Waals surface area (Å²) in [6, 6.07) is 4.41. The van der Waals surface area contributed by atoms with Crippen LogP contribution in [0.25, 0.3) is 0 Å². The van der Waals surface area contributed by atoms with E-state index in [4.69, 9.17) is 5.11 Å². The average Bonchev–Trinajstić information content (AvgIpc) is 2.43.